The topological polar surface area (TPSA) is 111 Å². The number of imide groups is 1. The van der Waals surface area contributed by atoms with Gasteiger partial charge in [0.1, 0.15) is 11.6 Å². The highest BCUT2D eigenvalue weighted by molar-refractivity contribution is 6.23. The molecule has 0 saturated carbocycles. The quantitative estimate of drug-likeness (QED) is 0.533. The van der Waals surface area contributed by atoms with E-state index in [1.54, 1.807) is 30.3 Å². The Hall–Kier alpha value is -4.07. The van der Waals surface area contributed by atoms with E-state index in [-0.39, 0.29) is 33.8 Å². The van der Waals surface area contributed by atoms with E-state index in [4.69, 9.17) is 5.73 Å². The lowest BCUT2D eigenvalue weighted by atomic mass is 10.0. The van der Waals surface area contributed by atoms with Gasteiger partial charge in [0.05, 0.1) is 16.8 Å². The number of nitrogens with one attached hydrogen (secondary N) is 1. The van der Waals surface area contributed by atoms with E-state index in [1.807, 2.05) is 0 Å². The van der Waals surface area contributed by atoms with Crippen LogP contribution in [0.2, 0.25) is 0 Å². The fraction of sp³-hybridized carbons (Fsp3) is 0. The van der Waals surface area contributed by atoms with Crippen LogP contribution in [0.1, 0.15) is 36.6 Å². The van der Waals surface area contributed by atoms with Crippen molar-refractivity contribution in [3.8, 4) is 5.69 Å². The number of nitrogens with two attached hydrogens (primary N) is 1. The molecule has 2 amide bonds. The van der Waals surface area contributed by atoms with Crippen LogP contribution in [0, 0.1) is 5.82 Å². The predicted molar refractivity (Wildman–Crippen MR) is 98.1 cm³/mol. The van der Waals surface area contributed by atoms with E-state index < -0.39 is 29.0 Å². The molecule has 0 fully saturated rings. The molecule has 0 radical (unpaired) electrons. The number of amides is 2. The van der Waals surface area contributed by atoms with Crippen LogP contribution >= 0.6 is 0 Å². The molecular formula is C20H12FN3O4. The normalized spacial score (nSPS) is 12.6. The summed E-state index contributed by atoms with van der Waals surface area (Å²) in [6, 6.07) is 12.4. The zero-order valence-electron chi connectivity index (χ0n) is 14.2. The lowest BCUT2D eigenvalue weighted by molar-refractivity contribution is 0.0879. The third kappa shape index (κ3) is 2.59. The summed E-state index contributed by atoms with van der Waals surface area (Å²) in [5.41, 5.74) is 5.17. The van der Waals surface area contributed by atoms with Gasteiger partial charge in [0.15, 0.2) is 5.78 Å². The Morgan fingerprint density at radius 1 is 0.964 bits per heavy atom. The van der Waals surface area contributed by atoms with Crippen molar-refractivity contribution in [1.29, 1.82) is 0 Å². The maximum Gasteiger partial charge on any atom is 0.262 e. The smallest absolute Gasteiger partial charge is 0.262 e. The van der Waals surface area contributed by atoms with Crippen molar-refractivity contribution in [2.24, 2.45) is 0 Å². The molecule has 8 heteroatoms. The van der Waals surface area contributed by atoms with Gasteiger partial charge in [0.2, 0.25) is 0 Å². The molecule has 0 bridgehead atoms. The summed E-state index contributed by atoms with van der Waals surface area (Å²) in [5, 5.41) is 2.06. The number of rotatable bonds is 3. The summed E-state index contributed by atoms with van der Waals surface area (Å²) in [6.07, 6.45) is 0. The van der Waals surface area contributed by atoms with Crippen molar-refractivity contribution >= 4 is 23.4 Å². The van der Waals surface area contributed by atoms with E-state index in [9.17, 15) is 23.6 Å². The summed E-state index contributed by atoms with van der Waals surface area (Å²) >= 11 is 0. The second kappa shape index (κ2) is 6.27. The molecule has 4 rings (SSSR count). The molecule has 138 valence electrons. The molecule has 3 N–H and O–H groups in total. The van der Waals surface area contributed by atoms with Gasteiger partial charge in [-0.05, 0) is 18.2 Å². The van der Waals surface area contributed by atoms with Crippen molar-refractivity contribution in [3.63, 3.8) is 0 Å². The number of fused-ring (bicyclic) bond motifs is 1. The number of benzene rings is 2. The number of hydrogen-bond acceptors (Lipinski definition) is 5. The Balaban J connectivity index is 1.99. The average molecular weight is 377 g/mol. The molecule has 1 aliphatic heterocycles. The molecule has 28 heavy (non-hydrogen) atoms. The van der Waals surface area contributed by atoms with Gasteiger partial charge in [-0.25, -0.2) is 4.39 Å². The number of carbonyl (C=O) groups excluding carboxylic acids is 3. The van der Waals surface area contributed by atoms with Gasteiger partial charge in [-0.1, -0.05) is 30.3 Å². The number of nitrogen functional groups attached to an aromatic ring is 1. The number of nitrogens with zero attached hydrogens (tertiary/aromatic N) is 1. The largest absolute Gasteiger partial charge is 0.384 e. The molecule has 2 aromatic carbocycles. The maximum absolute atomic E-state index is 13.9. The Labute approximate surface area is 157 Å². The second-order valence-corrected chi connectivity index (χ2v) is 6.13. The lowest BCUT2D eigenvalue weighted by Crippen LogP contribution is -2.25. The number of halogens is 1. The summed E-state index contributed by atoms with van der Waals surface area (Å²) in [5.74, 6) is -2.98. The van der Waals surface area contributed by atoms with Gasteiger partial charge in [-0.15, -0.1) is 0 Å². The van der Waals surface area contributed by atoms with Gasteiger partial charge in [-0.2, -0.15) is 0 Å². The van der Waals surface area contributed by atoms with Crippen LogP contribution in [0.15, 0.2) is 59.4 Å². The van der Waals surface area contributed by atoms with Crippen LogP contribution in [-0.4, -0.2) is 22.2 Å². The Kier molecular flexibility index (Phi) is 3.89. The zero-order chi connectivity index (χ0) is 20.0. The van der Waals surface area contributed by atoms with Gasteiger partial charge < -0.3 is 5.73 Å². The maximum atomic E-state index is 13.9. The van der Waals surface area contributed by atoms with Crippen LogP contribution in [0.5, 0.6) is 0 Å². The Bertz CT molecular complexity index is 1230. The van der Waals surface area contributed by atoms with Crippen molar-refractivity contribution in [3.05, 3.63) is 93.0 Å². The Morgan fingerprint density at radius 2 is 1.68 bits per heavy atom. The molecular weight excluding hydrogens is 365 g/mol. The first-order valence-corrected chi connectivity index (χ1v) is 8.19. The first kappa shape index (κ1) is 17.3. The SMILES string of the molecule is Nc1c2c(cc(=O)n1-c1ccc(F)cc1C(=O)c1ccccc1)C(=O)NC2=O. The molecule has 1 aliphatic rings. The van der Waals surface area contributed by atoms with Gasteiger partial charge in [-0.3, -0.25) is 29.1 Å². The van der Waals surface area contributed by atoms with E-state index >= 15 is 0 Å². The van der Waals surface area contributed by atoms with Crippen molar-refractivity contribution in [2.45, 2.75) is 0 Å². The summed E-state index contributed by atoms with van der Waals surface area (Å²) in [7, 11) is 0. The summed E-state index contributed by atoms with van der Waals surface area (Å²) in [4.78, 5) is 49.4. The average Bonchev–Trinajstić information content (AvgIpc) is 2.96. The minimum absolute atomic E-state index is 0.00713. The molecule has 0 aliphatic carbocycles. The molecule has 0 saturated heterocycles. The minimum atomic E-state index is -0.746. The standard InChI is InChI=1S/C20H12FN3O4/c21-11-6-7-14(12(8-11)17(26)10-4-2-1-3-5-10)24-15(25)9-13-16(18(24)22)20(28)23-19(13)27/h1-9H,22H2,(H,23,27,28). The number of aromatic nitrogens is 1. The van der Waals surface area contributed by atoms with E-state index in [1.165, 1.54) is 6.07 Å². The van der Waals surface area contributed by atoms with E-state index in [0.717, 1.165) is 22.8 Å². The van der Waals surface area contributed by atoms with E-state index in [2.05, 4.69) is 5.32 Å². The number of anilines is 1. The van der Waals surface area contributed by atoms with Crippen LogP contribution in [-0.2, 0) is 0 Å². The lowest BCUT2D eigenvalue weighted by Gasteiger charge is -2.15. The number of hydrogen-bond donors (Lipinski definition) is 2. The zero-order valence-corrected chi connectivity index (χ0v) is 14.2. The molecule has 3 aromatic rings. The number of pyridine rings is 1. The fourth-order valence-electron chi connectivity index (χ4n) is 3.16. The molecule has 7 nitrogen and oxygen atoms in total. The van der Waals surface area contributed by atoms with E-state index in [0.29, 0.717) is 0 Å². The molecule has 2 heterocycles. The van der Waals surface area contributed by atoms with Gasteiger partial charge in [0, 0.05) is 17.2 Å². The Morgan fingerprint density at radius 3 is 2.39 bits per heavy atom. The number of ketones is 1. The second-order valence-electron chi connectivity index (χ2n) is 6.13. The molecule has 0 spiro atoms. The van der Waals surface area contributed by atoms with Crippen LogP contribution < -0.4 is 16.6 Å². The van der Waals surface area contributed by atoms with Crippen molar-refractivity contribution in [1.82, 2.24) is 9.88 Å². The molecule has 1 aromatic heterocycles. The molecule has 0 unspecified atom stereocenters. The highest BCUT2D eigenvalue weighted by Gasteiger charge is 2.32. The summed E-state index contributed by atoms with van der Waals surface area (Å²) in [6.45, 7) is 0. The first-order valence-electron chi connectivity index (χ1n) is 8.19. The fourth-order valence-corrected chi connectivity index (χ4v) is 3.16. The highest BCUT2D eigenvalue weighted by Crippen LogP contribution is 2.26. The monoisotopic (exact) mass is 377 g/mol. The van der Waals surface area contributed by atoms with Crippen LogP contribution in [0.25, 0.3) is 5.69 Å². The van der Waals surface area contributed by atoms with Crippen molar-refractivity contribution < 1.29 is 18.8 Å². The van der Waals surface area contributed by atoms with Crippen molar-refractivity contribution in [2.75, 3.05) is 5.73 Å². The molecule has 0 atom stereocenters. The predicted octanol–water partition coefficient (Wildman–Crippen LogP) is 1.67. The third-order valence-corrected chi connectivity index (χ3v) is 4.43. The first-order chi connectivity index (χ1) is 13.4. The van der Waals surface area contributed by atoms with Gasteiger partial charge >= 0.3 is 0 Å². The van der Waals surface area contributed by atoms with Gasteiger partial charge in [0.25, 0.3) is 17.4 Å². The highest BCUT2D eigenvalue weighted by atomic mass is 19.1. The summed E-state index contributed by atoms with van der Waals surface area (Å²) < 4.78 is 14.8. The minimum Gasteiger partial charge on any atom is -0.384 e. The number of carbonyl (C=O) groups is 3. The third-order valence-electron chi connectivity index (χ3n) is 4.43. The van der Waals surface area contributed by atoms with Crippen LogP contribution in [0.4, 0.5) is 10.2 Å². The van der Waals surface area contributed by atoms with Crippen LogP contribution in [0.3, 0.4) is 0 Å².